The Morgan fingerprint density at radius 2 is 1.77 bits per heavy atom. The van der Waals surface area contributed by atoms with Gasteiger partial charge in [-0.15, -0.1) is 0 Å². The fraction of sp³-hybridized carbons (Fsp3) is 0.185. The zero-order chi connectivity index (χ0) is 24.5. The standard InChI is InChI=1S/C27H25N7O/c1-17-26(34-16-8-7-11-25(34)29-17)20-12-15-24(31-27(35)18(2)28-3)30-21(20)13-14-22-19-9-5-6-10-23(19)33(4)32-22/h5-12,15-16,18,28H,1-4H3,(H,30,31,35). The first-order valence-corrected chi connectivity index (χ1v) is 11.3. The van der Waals surface area contributed by atoms with Gasteiger partial charge in [0.1, 0.15) is 22.9 Å². The van der Waals surface area contributed by atoms with Crippen molar-refractivity contribution in [2.75, 3.05) is 12.4 Å². The minimum atomic E-state index is -0.355. The Morgan fingerprint density at radius 1 is 1.00 bits per heavy atom. The number of pyridine rings is 2. The van der Waals surface area contributed by atoms with E-state index in [1.54, 1.807) is 20.0 Å². The van der Waals surface area contributed by atoms with Crippen LogP contribution in [0.3, 0.4) is 0 Å². The molecule has 174 valence electrons. The number of nitrogens with zero attached hydrogens (tertiary/aromatic N) is 5. The molecule has 0 bridgehead atoms. The van der Waals surface area contributed by atoms with Crippen molar-refractivity contribution in [3.8, 4) is 23.1 Å². The third kappa shape index (κ3) is 4.14. The smallest absolute Gasteiger partial charge is 0.242 e. The van der Waals surface area contributed by atoms with Crippen LogP contribution < -0.4 is 10.6 Å². The molecule has 0 spiro atoms. The lowest BCUT2D eigenvalue weighted by Gasteiger charge is -2.12. The number of anilines is 1. The van der Waals surface area contributed by atoms with Crippen LogP contribution in [0.2, 0.25) is 0 Å². The number of aryl methyl sites for hydroxylation is 2. The molecule has 5 rings (SSSR count). The second-order valence-corrected chi connectivity index (χ2v) is 8.31. The summed E-state index contributed by atoms with van der Waals surface area (Å²) in [7, 11) is 3.64. The maximum absolute atomic E-state index is 12.4. The highest BCUT2D eigenvalue weighted by Crippen LogP contribution is 2.28. The monoisotopic (exact) mass is 463 g/mol. The van der Waals surface area contributed by atoms with Crippen molar-refractivity contribution in [1.82, 2.24) is 29.5 Å². The van der Waals surface area contributed by atoms with Crippen molar-refractivity contribution < 1.29 is 4.79 Å². The van der Waals surface area contributed by atoms with E-state index in [4.69, 9.17) is 9.97 Å². The maximum Gasteiger partial charge on any atom is 0.242 e. The predicted molar refractivity (Wildman–Crippen MR) is 137 cm³/mol. The number of benzene rings is 1. The number of imidazole rings is 1. The summed E-state index contributed by atoms with van der Waals surface area (Å²) in [6.07, 6.45) is 1.97. The van der Waals surface area contributed by atoms with E-state index < -0.39 is 0 Å². The van der Waals surface area contributed by atoms with Crippen molar-refractivity contribution in [3.63, 3.8) is 0 Å². The number of carbonyl (C=O) groups excluding carboxylic acids is 1. The average molecular weight is 464 g/mol. The highest BCUT2D eigenvalue weighted by Gasteiger charge is 2.17. The van der Waals surface area contributed by atoms with Gasteiger partial charge in [-0.25, -0.2) is 9.97 Å². The van der Waals surface area contributed by atoms with E-state index in [0.29, 0.717) is 17.2 Å². The first-order chi connectivity index (χ1) is 17.0. The predicted octanol–water partition coefficient (Wildman–Crippen LogP) is 3.54. The molecule has 0 fully saturated rings. The van der Waals surface area contributed by atoms with E-state index in [-0.39, 0.29) is 11.9 Å². The number of rotatable bonds is 4. The van der Waals surface area contributed by atoms with Gasteiger partial charge in [0.25, 0.3) is 0 Å². The van der Waals surface area contributed by atoms with Crippen LogP contribution in [0.1, 0.15) is 24.0 Å². The van der Waals surface area contributed by atoms with E-state index in [0.717, 1.165) is 33.5 Å². The molecule has 0 radical (unpaired) electrons. The van der Waals surface area contributed by atoms with Crippen LogP contribution in [0.15, 0.2) is 60.8 Å². The molecule has 1 aromatic carbocycles. The molecule has 1 unspecified atom stereocenters. The lowest BCUT2D eigenvalue weighted by atomic mass is 10.1. The summed E-state index contributed by atoms with van der Waals surface area (Å²) in [5.74, 6) is 6.70. The van der Waals surface area contributed by atoms with Gasteiger partial charge in [0.2, 0.25) is 5.91 Å². The molecule has 0 saturated carbocycles. The number of nitrogens with one attached hydrogen (secondary N) is 2. The minimum Gasteiger partial charge on any atom is -0.309 e. The van der Waals surface area contributed by atoms with Crippen LogP contribution in [-0.4, -0.2) is 43.1 Å². The minimum absolute atomic E-state index is 0.173. The number of hydrogen-bond acceptors (Lipinski definition) is 5. The van der Waals surface area contributed by atoms with Gasteiger partial charge < -0.3 is 10.6 Å². The van der Waals surface area contributed by atoms with Crippen LogP contribution in [0.25, 0.3) is 27.8 Å². The van der Waals surface area contributed by atoms with Crippen LogP contribution in [-0.2, 0) is 11.8 Å². The van der Waals surface area contributed by atoms with Crippen LogP contribution in [0.5, 0.6) is 0 Å². The van der Waals surface area contributed by atoms with Crippen LogP contribution in [0.4, 0.5) is 5.82 Å². The Morgan fingerprint density at radius 3 is 2.60 bits per heavy atom. The topological polar surface area (TPSA) is 89.1 Å². The third-order valence-corrected chi connectivity index (χ3v) is 5.99. The fourth-order valence-corrected chi connectivity index (χ4v) is 4.04. The van der Waals surface area contributed by atoms with E-state index in [2.05, 4.69) is 27.6 Å². The molecule has 0 saturated heterocycles. The second kappa shape index (κ2) is 9.05. The Hall–Kier alpha value is -4.48. The molecule has 4 aromatic heterocycles. The van der Waals surface area contributed by atoms with Crippen molar-refractivity contribution in [3.05, 3.63) is 77.9 Å². The van der Waals surface area contributed by atoms with E-state index >= 15 is 0 Å². The summed E-state index contributed by atoms with van der Waals surface area (Å²) in [6.45, 7) is 3.76. The number of hydrogen-bond donors (Lipinski definition) is 2. The molecule has 1 atom stereocenters. The van der Waals surface area contributed by atoms with E-state index in [9.17, 15) is 4.79 Å². The quantitative estimate of drug-likeness (QED) is 0.398. The molecular formula is C27H25N7O. The molecule has 0 aliphatic heterocycles. The highest BCUT2D eigenvalue weighted by molar-refractivity contribution is 5.94. The van der Waals surface area contributed by atoms with Crippen LogP contribution >= 0.6 is 0 Å². The number of amides is 1. The number of likely N-dealkylation sites (N-methyl/N-ethyl adjacent to an activating group) is 1. The zero-order valence-electron chi connectivity index (χ0n) is 20.0. The van der Waals surface area contributed by atoms with Gasteiger partial charge in [-0.1, -0.05) is 18.2 Å². The SMILES string of the molecule is CNC(C)C(=O)Nc1ccc(-c2c(C)nc3ccccn23)c(C#Cc2nn(C)c3ccccc23)n1. The summed E-state index contributed by atoms with van der Waals surface area (Å²) >= 11 is 0. The Labute approximate surface area is 203 Å². The van der Waals surface area contributed by atoms with Crippen molar-refractivity contribution in [2.24, 2.45) is 7.05 Å². The van der Waals surface area contributed by atoms with Crippen molar-refractivity contribution in [1.29, 1.82) is 0 Å². The summed E-state index contributed by atoms with van der Waals surface area (Å²) in [5, 5.41) is 11.4. The molecule has 0 aliphatic rings. The van der Waals surface area contributed by atoms with Gasteiger partial charge in [0.15, 0.2) is 0 Å². The number of fused-ring (bicyclic) bond motifs is 2. The molecular weight excluding hydrogens is 438 g/mol. The first-order valence-electron chi connectivity index (χ1n) is 11.3. The second-order valence-electron chi connectivity index (χ2n) is 8.31. The Kier molecular flexibility index (Phi) is 5.77. The van der Waals surface area contributed by atoms with Gasteiger partial charge in [0.05, 0.1) is 22.9 Å². The Balaban J connectivity index is 1.66. The van der Waals surface area contributed by atoms with Crippen molar-refractivity contribution >= 4 is 28.3 Å². The Bertz CT molecular complexity index is 1630. The average Bonchev–Trinajstić information content (AvgIpc) is 3.38. The largest absolute Gasteiger partial charge is 0.309 e. The lowest BCUT2D eigenvalue weighted by Crippen LogP contribution is -2.35. The van der Waals surface area contributed by atoms with Crippen LogP contribution in [0, 0.1) is 18.8 Å². The molecule has 4 heterocycles. The fourth-order valence-electron chi connectivity index (χ4n) is 4.04. The summed E-state index contributed by atoms with van der Waals surface area (Å²) in [5.41, 5.74) is 5.65. The maximum atomic E-state index is 12.4. The number of carbonyl (C=O) groups is 1. The third-order valence-electron chi connectivity index (χ3n) is 5.99. The van der Waals surface area contributed by atoms with Gasteiger partial charge in [-0.3, -0.25) is 13.9 Å². The highest BCUT2D eigenvalue weighted by atomic mass is 16.2. The van der Waals surface area contributed by atoms with Gasteiger partial charge in [-0.2, -0.15) is 5.10 Å². The summed E-state index contributed by atoms with van der Waals surface area (Å²) in [6, 6.07) is 17.2. The number of aromatic nitrogens is 5. The molecule has 1 amide bonds. The molecule has 8 heteroatoms. The normalized spacial score (nSPS) is 11.9. The van der Waals surface area contributed by atoms with Gasteiger partial charge in [0, 0.05) is 24.2 Å². The lowest BCUT2D eigenvalue weighted by molar-refractivity contribution is -0.117. The zero-order valence-corrected chi connectivity index (χ0v) is 20.0. The molecule has 8 nitrogen and oxygen atoms in total. The number of para-hydroxylation sites is 1. The summed E-state index contributed by atoms with van der Waals surface area (Å²) in [4.78, 5) is 21.9. The van der Waals surface area contributed by atoms with Gasteiger partial charge in [-0.05, 0) is 69.1 Å². The molecule has 0 aliphatic carbocycles. The van der Waals surface area contributed by atoms with Gasteiger partial charge >= 0.3 is 0 Å². The van der Waals surface area contributed by atoms with Crippen molar-refractivity contribution in [2.45, 2.75) is 19.9 Å². The summed E-state index contributed by atoms with van der Waals surface area (Å²) < 4.78 is 3.84. The molecule has 5 aromatic rings. The molecule has 35 heavy (non-hydrogen) atoms. The van der Waals surface area contributed by atoms with E-state index in [1.165, 1.54) is 0 Å². The first kappa shape index (κ1) is 22.3. The van der Waals surface area contributed by atoms with E-state index in [1.807, 2.05) is 77.8 Å². The molecule has 2 N–H and O–H groups in total.